The van der Waals surface area contributed by atoms with E-state index in [0.29, 0.717) is 24.9 Å². The standard InChI is InChI=1S/C23H28N8O2/c1-15-19(33-14-25-15)11-24-21(22-26-28-29-31(22)12-17-9-10-17)20-16(2)27-30(3)23(20)32-13-18-7-5-4-6-8-18/h4-8,14,17,21,24H,9-13H2,1-3H3. The molecule has 1 aromatic carbocycles. The van der Waals surface area contributed by atoms with Crippen molar-refractivity contribution in [1.29, 1.82) is 0 Å². The van der Waals surface area contributed by atoms with Gasteiger partial charge in [-0.1, -0.05) is 30.3 Å². The zero-order chi connectivity index (χ0) is 22.8. The molecule has 0 spiro atoms. The van der Waals surface area contributed by atoms with Crippen molar-refractivity contribution in [2.75, 3.05) is 0 Å². The quantitative estimate of drug-likeness (QED) is 0.394. The van der Waals surface area contributed by atoms with E-state index in [9.17, 15) is 0 Å². The van der Waals surface area contributed by atoms with Crippen LogP contribution in [0, 0.1) is 19.8 Å². The molecule has 10 heteroatoms. The topological polar surface area (TPSA) is 109 Å². The van der Waals surface area contributed by atoms with Gasteiger partial charge in [0.15, 0.2) is 12.2 Å². The normalized spacial score (nSPS) is 14.5. The highest BCUT2D eigenvalue weighted by Crippen LogP contribution is 2.35. The summed E-state index contributed by atoms with van der Waals surface area (Å²) in [5.41, 5.74) is 3.70. The fourth-order valence-corrected chi connectivity index (χ4v) is 3.99. The summed E-state index contributed by atoms with van der Waals surface area (Å²) in [5.74, 6) is 2.83. The largest absolute Gasteiger partial charge is 0.473 e. The summed E-state index contributed by atoms with van der Waals surface area (Å²) in [6.45, 7) is 5.62. The van der Waals surface area contributed by atoms with E-state index in [4.69, 9.17) is 9.15 Å². The molecule has 1 fully saturated rings. The van der Waals surface area contributed by atoms with Crippen molar-refractivity contribution in [1.82, 2.24) is 40.3 Å². The molecule has 5 rings (SSSR count). The van der Waals surface area contributed by atoms with Crippen LogP contribution in [0.1, 0.15) is 53.0 Å². The Balaban J connectivity index is 1.49. The third kappa shape index (κ3) is 4.65. The summed E-state index contributed by atoms with van der Waals surface area (Å²) in [6.07, 6.45) is 3.89. The second kappa shape index (κ2) is 9.14. The smallest absolute Gasteiger partial charge is 0.217 e. The summed E-state index contributed by atoms with van der Waals surface area (Å²) in [7, 11) is 1.89. The molecule has 1 N–H and O–H groups in total. The number of hydrogen-bond acceptors (Lipinski definition) is 8. The lowest BCUT2D eigenvalue weighted by Crippen LogP contribution is -2.27. The molecule has 4 aromatic rings. The first-order chi connectivity index (χ1) is 16.1. The van der Waals surface area contributed by atoms with Gasteiger partial charge in [0.2, 0.25) is 5.88 Å². The molecular weight excluding hydrogens is 420 g/mol. The Morgan fingerprint density at radius 2 is 2.00 bits per heavy atom. The van der Waals surface area contributed by atoms with Gasteiger partial charge < -0.3 is 9.15 Å². The van der Waals surface area contributed by atoms with Gasteiger partial charge in [0.1, 0.15) is 18.4 Å². The lowest BCUT2D eigenvalue weighted by atomic mass is 10.1. The van der Waals surface area contributed by atoms with Crippen LogP contribution in [0.25, 0.3) is 0 Å². The minimum atomic E-state index is -0.331. The maximum absolute atomic E-state index is 6.29. The molecule has 1 aliphatic carbocycles. The number of nitrogens with one attached hydrogen (secondary N) is 1. The maximum atomic E-state index is 6.29. The molecular formula is C23H28N8O2. The summed E-state index contributed by atoms with van der Waals surface area (Å²) in [5, 5.41) is 20.9. The zero-order valence-electron chi connectivity index (χ0n) is 19.1. The van der Waals surface area contributed by atoms with Crippen molar-refractivity contribution in [2.45, 2.75) is 52.4 Å². The molecule has 3 heterocycles. The van der Waals surface area contributed by atoms with Crippen LogP contribution in [0.3, 0.4) is 0 Å². The number of ether oxygens (including phenoxy) is 1. The molecule has 10 nitrogen and oxygen atoms in total. The summed E-state index contributed by atoms with van der Waals surface area (Å²) in [6, 6.07) is 9.76. The number of nitrogens with zero attached hydrogens (tertiary/aromatic N) is 7. The fourth-order valence-electron chi connectivity index (χ4n) is 3.99. The van der Waals surface area contributed by atoms with E-state index in [1.807, 2.05) is 55.9 Å². The highest BCUT2D eigenvalue weighted by Gasteiger charge is 2.32. The summed E-state index contributed by atoms with van der Waals surface area (Å²) < 4.78 is 15.5. The Bertz CT molecular complexity index is 1210. The van der Waals surface area contributed by atoms with Gasteiger partial charge in [-0.3, -0.25) is 5.32 Å². The minimum Gasteiger partial charge on any atom is -0.473 e. The van der Waals surface area contributed by atoms with Gasteiger partial charge in [-0.05, 0) is 48.6 Å². The number of aromatic nitrogens is 7. The molecule has 1 unspecified atom stereocenters. The van der Waals surface area contributed by atoms with Crippen LogP contribution < -0.4 is 10.1 Å². The van der Waals surface area contributed by atoms with Gasteiger partial charge in [-0.25, -0.2) is 14.3 Å². The van der Waals surface area contributed by atoms with Crippen molar-refractivity contribution in [3.05, 3.63) is 70.8 Å². The lowest BCUT2D eigenvalue weighted by molar-refractivity contribution is 0.273. The molecule has 172 valence electrons. The average molecular weight is 449 g/mol. The number of rotatable bonds is 10. The van der Waals surface area contributed by atoms with Gasteiger partial charge in [0, 0.05) is 13.6 Å². The van der Waals surface area contributed by atoms with Crippen LogP contribution in [-0.4, -0.2) is 35.0 Å². The predicted molar refractivity (Wildman–Crippen MR) is 119 cm³/mol. The molecule has 1 saturated carbocycles. The maximum Gasteiger partial charge on any atom is 0.217 e. The SMILES string of the molecule is Cc1ncoc1CNC(c1c(C)nn(C)c1OCc1ccccc1)c1nnnn1CC1CC1. The van der Waals surface area contributed by atoms with Crippen LogP contribution >= 0.6 is 0 Å². The van der Waals surface area contributed by atoms with Crippen molar-refractivity contribution >= 4 is 0 Å². The molecule has 33 heavy (non-hydrogen) atoms. The Hall–Kier alpha value is -3.53. The van der Waals surface area contributed by atoms with E-state index in [-0.39, 0.29) is 6.04 Å². The van der Waals surface area contributed by atoms with E-state index in [1.54, 1.807) is 4.68 Å². The third-order valence-corrected chi connectivity index (χ3v) is 5.98. The molecule has 3 aromatic heterocycles. The Morgan fingerprint density at radius 1 is 1.18 bits per heavy atom. The lowest BCUT2D eigenvalue weighted by Gasteiger charge is -2.19. The van der Waals surface area contributed by atoms with Crippen molar-refractivity contribution < 1.29 is 9.15 Å². The number of oxazole rings is 1. The number of tetrazole rings is 1. The predicted octanol–water partition coefficient (Wildman–Crippen LogP) is 2.88. The van der Waals surface area contributed by atoms with E-state index >= 15 is 0 Å². The van der Waals surface area contributed by atoms with E-state index in [2.05, 4.69) is 30.9 Å². The van der Waals surface area contributed by atoms with E-state index in [0.717, 1.165) is 40.6 Å². The molecule has 0 bridgehead atoms. The van der Waals surface area contributed by atoms with Crippen molar-refractivity contribution in [3.63, 3.8) is 0 Å². The van der Waals surface area contributed by atoms with Gasteiger partial charge in [-0.2, -0.15) is 5.10 Å². The Morgan fingerprint density at radius 3 is 2.73 bits per heavy atom. The number of benzene rings is 1. The number of aryl methyl sites for hydroxylation is 3. The number of hydrogen-bond donors (Lipinski definition) is 1. The first kappa shape index (κ1) is 21.3. The van der Waals surface area contributed by atoms with Crippen LogP contribution in [-0.2, 0) is 26.7 Å². The van der Waals surface area contributed by atoms with Crippen LogP contribution in [0.15, 0.2) is 41.1 Å². The molecule has 1 atom stereocenters. The highest BCUT2D eigenvalue weighted by molar-refractivity contribution is 5.38. The van der Waals surface area contributed by atoms with Crippen molar-refractivity contribution in [2.24, 2.45) is 13.0 Å². The highest BCUT2D eigenvalue weighted by atomic mass is 16.5. The first-order valence-electron chi connectivity index (χ1n) is 11.2. The third-order valence-electron chi connectivity index (χ3n) is 5.98. The van der Waals surface area contributed by atoms with Crippen LogP contribution in [0.4, 0.5) is 0 Å². The zero-order valence-corrected chi connectivity index (χ0v) is 19.1. The van der Waals surface area contributed by atoms with Gasteiger partial charge in [0.25, 0.3) is 0 Å². The van der Waals surface area contributed by atoms with Gasteiger partial charge in [0.05, 0.1) is 23.5 Å². The Labute approximate surface area is 192 Å². The minimum absolute atomic E-state index is 0.331. The monoisotopic (exact) mass is 448 g/mol. The Kier molecular flexibility index (Phi) is 5.91. The van der Waals surface area contributed by atoms with Gasteiger partial charge >= 0.3 is 0 Å². The second-order valence-electron chi connectivity index (χ2n) is 8.54. The molecule has 1 aliphatic rings. The van der Waals surface area contributed by atoms with Crippen LogP contribution in [0.5, 0.6) is 5.88 Å². The van der Waals surface area contributed by atoms with Crippen LogP contribution in [0.2, 0.25) is 0 Å². The summed E-state index contributed by atoms with van der Waals surface area (Å²) in [4.78, 5) is 4.20. The van der Waals surface area contributed by atoms with Crippen molar-refractivity contribution in [3.8, 4) is 5.88 Å². The first-order valence-corrected chi connectivity index (χ1v) is 11.2. The van der Waals surface area contributed by atoms with E-state index in [1.165, 1.54) is 19.2 Å². The molecule has 0 aliphatic heterocycles. The van der Waals surface area contributed by atoms with Gasteiger partial charge in [-0.15, -0.1) is 5.10 Å². The average Bonchev–Trinajstić information content (AvgIpc) is 3.22. The molecule has 0 saturated heterocycles. The summed E-state index contributed by atoms with van der Waals surface area (Å²) >= 11 is 0. The second-order valence-corrected chi connectivity index (χ2v) is 8.54. The fraction of sp³-hybridized carbons (Fsp3) is 0.435. The van der Waals surface area contributed by atoms with E-state index < -0.39 is 0 Å². The molecule has 0 amide bonds. The molecule has 0 radical (unpaired) electrons.